The molecule has 206 valence electrons. The molecule has 2 aliphatic rings. The minimum Gasteiger partial charge on any atom is -0.503 e. The minimum atomic E-state index is -0.863. The number of nitrogens with zero attached hydrogens (tertiary/aromatic N) is 1. The van der Waals surface area contributed by atoms with Crippen molar-refractivity contribution in [3.63, 3.8) is 0 Å². The summed E-state index contributed by atoms with van der Waals surface area (Å²) in [6, 6.07) is 22.3. The summed E-state index contributed by atoms with van der Waals surface area (Å²) >= 11 is 6.36. The summed E-state index contributed by atoms with van der Waals surface area (Å²) in [5.41, 5.74) is 3.32. The Labute approximate surface area is 238 Å². The molecular formula is C32H30ClNO6. The molecule has 5 rings (SSSR count). The van der Waals surface area contributed by atoms with Crippen LogP contribution in [-0.4, -0.2) is 42.9 Å². The van der Waals surface area contributed by atoms with Gasteiger partial charge in [-0.25, -0.2) is 0 Å². The molecule has 3 atom stereocenters. The van der Waals surface area contributed by atoms with Crippen LogP contribution in [0.25, 0.3) is 0 Å². The van der Waals surface area contributed by atoms with E-state index < -0.39 is 17.8 Å². The number of phenols is 1. The Balaban J connectivity index is 1.47. The van der Waals surface area contributed by atoms with Crippen LogP contribution in [0, 0.1) is 5.92 Å². The number of hydrogen-bond acceptors (Lipinski definition) is 7. The van der Waals surface area contributed by atoms with E-state index in [0.29, 0.717) is 41.1 Å². The van der Waals surface area contributed by atoms with E-state index in [2.05, 4.69) is 0 Å². The lowest BCUT2D eigenvalue weighted by atomic mass is 9.69. The second-order valence-electron chi connectivity index (χ2n) is 9.89. The molecule has 40 heavy (non-hydrogen) atoms. The van der Waals surface area contributed by atoms with E-state index in [4.69, 9.17) is 30.8 Å². The predicted octanol–water partition coefficient (Wildman–Crippen LogP) is 6.25. The molecular weight excluding hydrogens is 530 g/mol. The van der Waals surface area contributed by atoms with Gasteiger partial charge in [0.2, 0.25) is 0 Å². The van der Waals surface area contributed by atoms with Gasteiger partial charge in [0.05, 0.1) is 12.1 Å². The van der Waals surface area contributed by atoms with Crippen molar-refractivity contribution >= 4 is 29.1 Å². The highest BCUT2D eigenvalue weighted by Crippen LogP contribution is 2.49. The number of ether oxygens (including phenoxy) is 3. The highest BCUT2D eigenvalue weighted by molar-refractivity contribution is 6.32. The molecule has 0 bridgehead atoms. The number of methoxy groups -OCH3 is 1. The van der Waals surface area contributed by atoms with Crippen molar-refractivity contribution in [2.75, 3.05) is 20.3 Å². The third-order valence-corrected chi connectivity index (χ3v) is 7.67. The summed E-state index contributed by atoms with van der Waals surface area (Å²) in [5, 5.41) is 10.4. The molecule has 0 saturated heterocycles. The van der Waals surface area contributed by atoms with Crippen LogP contribution >= 0.6 is 11.6 Å². The van der Waals surface area contributed by atoms with E-state index in [0.717, 1.165) is 5.56 Å². The fourth-order valence-electron chi connectivity index (χ4n) is 5.52. The Morgan fingerprint density at radius 2 is 1.70 bits per heavy atom. The van der Waals surface area contributed by atoms with Gasteiger partial charge in [0.25, 0.3) is 0 Å². The third-order valence-electron chi connectivity index (χ3n) is 7.38. The van der Waals surface area contributed by atoms with Gasteiger partial charge in [0.15, 0.2) is 17.3 Å². The summed E-state index contributed by atoms with van der Waals surface area (Å²) in [4.78, 5) is 32.1. The Morgan fingerprint density at radius 3 is 2.40 bits per heavy atom. The molecule has 1 aliphatic carbocycles. The first kappa shape index (κ1) is 27.5. The minimum absolute atomic E-state index is 0.0128. The topological polar surface area (TPSA) is 94.4 Å². The first-order valence-corrected chi connectivity index (χ1v) is 13.5. The molecule has 1 N–H and O–H groups in total. The number of aliphatic imine (C=N–C) groups is 1. The zero-order chi connectivity index (χ0) is 28.2. The average molecular weight is 560 g/mol. The van der Waals surface area contributed by atoms with Crippen molar-refractivity contribution in [1.82, 2.24) is 0 Å². The van der Waals surface area contributed by atoms with E-state index in [-0.39, 0.29) is 41.4 Å². The lowest BCUT2D eigenvalue weighted by Gasteiger charge is -2.36. The molecule has 8 heteroatoms. The van der Waals surface area contributed by atoms with Gasteiger partial charge in [0.1, 0.15) is 24.9 Å². The molecule has 0 radical (unpaired) electrons. The van der Waals surface area contributed by atoms with Crippen LogP contribution in [-0.2, 0) is 14.3 Å². The van der Waals surface area contributed by atoms with Crippen LogP contribution in [0.2, 0.25) is 5.02 Å². The Hall–Kier alpha value is -4.10. The molecule has 1 aliphatic heterocycles. The normalized spacial score (nSPS) is 20.4. The van der Waals surface area contributed by atoms with Crippen LogP contribution in [0.4, 0.5) is 0 Å². The lowest BCUT2D eigenvalue weighted by Crippen LogP contribution is -2.38. The van der Waals surface area contributed by atoms with Gasteiger partial charge in [-0.15, -0.1) is 0 Å². The number of rotatable bonds is 8. The molecule has 1 unspecified atom stereocenters. The number of hydrogen-bond donors (Lipinski definition) is 1. The third kappa shape index (κ3) is 5.61. The number of halogens is 1. The van der Waals surface area contributed by atoms with E-state index >= 15 is 0 Å². The standard InChI is InChI=1S/C32H30ClNO6/c1-19-28(32(37)40-14-13-39-23-11-7-4-8-12-23)29(22-15-24(33)31(36)27(18-22)38-2)30-25(34-19)16-21(17-26(30)35)20-9-5-3-6-10-20/h3-12,15,18,21,28-29,36H,13-14,16-17H2,1-2H3/t21-,28?,29+/m0/s1. The summed E-state index contributed by atoms with van der Waals surface area (Å²) < 4.78 is 16.7. The van der Waals surface area contributed by atoms with Crippen LogP contribution < -0.4 is 9.47 Å². The second-order valence-corrected chi connectivity index (χ2v) is 10.3. The van der Waals surface area contributed by atoms with Crippen molar-refractivity contribution in [3.05, 3.63) is 100 Å². The van der Waals surface area contributed by atoms with Crippen LogP contribution in [0.3, 0.4) is 0 Å². The molecule has 1 heterocycles. The summed E-state index contributed by atoms with van der Waals surface area (Å²) in [5.74, 6) is -1.56. The first-order valence-electron chi connectivity index (χ1n) is 13.1. The SMILES string of the molecule is COc1cc([C@H]2C3=C(C[C@H](c4ccccc4)CC3=O)N=C(C)C2C(=O)OCCOc2ccccc2)cc(Cl)c1O. The van der Waals surface area contributed by atoms with Crippen molar-refractivity contribution in [2.24, 2.45) is 10.9 Å². The monoisotopic (exact) mass is 559 g/mol. The molecule has 0 spiro atoms. The van der Waals surface area contributed by atoms with Crippen LogP contribution in [0.15, 0.2) is 89.1 Å². The molecule has 7 nitrogen and oxygen atoms in total. The van der Waals surface area contributed by atoms with Crippen molar-refractivity contribution in [1.29, 1.82) is 0 Å². The molecule has 0 fully saturated rings. The van der Waals surface area contributed by atoms with E-state index in [1.165, 1.54) is 7.11 Å². The highest BCUT2D eigenvalue weighted by atomic mass is 35.5. The highest BCUT2D eigenvalue weighted by Gasteiger charge is 2.45. The molecule has 0 amide bonds. The first-order chi connectivity index (χ1) is 19.4. The van der Waals surface area contributed by atoms with E-state index in [9.17, 15) is 14.7 Å². The van der Waals surface area contributed by atoms with Crippen LogP contribution in [0.5, 0.6) is 17.2 Å². The van der Waals surface area contributed by atoms with Gasteiger partial charge in [0, 0.05) is 29.3 Å². The summed E-state index contributed by atoms with van der Waals surface area (Å²) in [6.07, 6.45) is 0.859. The Kier molecular flexibility index (Phi) is 8.21. The van der Waals surface area contributed by atoms with Crippen molar-refractivity contribution < 1.29 is 28.9 Å². The van der Waals surface area contributed by atoms with Gasteiger partial charge in [-0.2, -0.15) is 0 Å². The van der Waals surface area contributed by atoms with Gasteiger partial charge in [-0.1, -0.05) is 60.1 Å². The zero-order valence-corrected chi connectivity index (χ0v) is 23.1. The Bertz CT molecular complexity index is 1470. The van der Waals surface area contributed by atoms with Gasteiger partial charge >= 0.3 is 5.97 Å². The molecule has 3 aromatic carbocycles. The molecule has 3 aromatic rings. The largest absolute Gasteiger partial charge is 0.503 e. The van der Waals surface area contributed by atoms with Crippen LogP contribution in [0.1, 0.15) is 42.7 Å². The number of carbonyl (C=O) groups is 2. The number of ketones is 1. The van der Waals surface area contributed by atoms with E-state index in [1.54, 1.807) is 19.1 Å². The number of Topliss-reactive ketones (excluding diaryl/α,β-unsaturated/α-hetero) is 1. The second kappa shape index (κ2) is 12.0. The maximum Gasteiger partial charge on any atom is 0.315 e. The number of para-hydroxylation sites is 1. The van der Waals surface area contributed by atoms with Crippen molar-refractivity contribution in [2.45, 2.75) is 31.6 Å². The van der Waals surface area contributed by atoms with Gasteiger partial charge in [-0.05, 0) is 54.7 Å². The van der Waals surface area contributed by atoms with Gasteiger partial charge in [-0.3, -0.25) is 14.6 Å². The number of esters is 1. The smallest absolute Gasteiger partial charge is 0.315 e. The quantitative estimate of drug-likeness (QED) is 0.259. The van der Waals surface area contributed by atoms with Crippen molar-refractivity contribution in [3.8, 4) is 17.2 Å². The Morgan fingerprint density at radius 1 is 1.00 bits per heavy atom. The maximum atomic E-state index is 13.8. The number of carbonyl (C=O) groups excluding carboxylic acids is 2. The molecule has 0 saturated carbocycles. The van der Waals surface area contributed by atoms with E-state index in [1.807, 2.05) is 60.7 Å². The summed E-state index contributed by atoms with van der Waals surface area (Å²) in [7, 11) is 1.42. The van der Waals surface area contributed by atoms with Gasteiger partial charge < -0.3 is 19.3 Å². The number of benzene rings is 3. The average Bonchev–Trinajstić information content (AvgIpc) is 2.96. The number of aromatic hydroxyl groups is 1. The maximum absolute atomic E-state index is 13.8. The fraction of sp³-hybridized carbons (Fsp3) is 0.281. The number of phenolic OH excluding ortho intramolecular Hbond substituents is 1. The number of allylic oxidation sites excluding steroid dienone is 2. The lowest BCUT2D eigenvalue weighted by molar-refractivity contribution is -0.147. The molecule has 0 aromatic heterocycles. The predicted molar refractivity (Wildman–Crippen MR) is 152 cm³/mol. The fourth-order valence-corrected chi connectivity index (χ4v) is 5.74. The summed E-state index contributed by atoms with van der Waals surface area (Å²) in [6.45, 7) is 1.98. The zero-order valence-electron chi connectivity index (χ0n) is 22.3.